The molecule has 2 aromatic carbocycles. The van der Waals surface area contributed by atoms with Crippen molar-refractivity contribution in [1.82, 2.24) is 0 Å². The summed E-state index contributed by atoms with van der Waals surface area (Å²) in [6, 6.07) is 10.1. The van der Waals surface area contributed by atoms with Crippen molar-refractivity contribution in [3.8, 4) is 5.75 Å². The number of sulfonamides is 1. The van der Waals surface area contributed by atoms with Gasteiger partial charge in [-0.05, 0) is 49.4 Å². The number of ether oxygens (including phenoxy) is 1. The fraction of sp³-hybridized carbons (Fsp3) is 0.235. The van der Waals surface area contributed by atoms with Crippen LogP contribution in [0.3, 0.4) is 0 Å². The number of carbonyl (C=O) groups is 1. The van der Waals surface area contributed by atoms with E-state index in [1.54, 1.807) is 31.2 Å². The van der Waals surface area contributed by atoms with Gasteiger partial charge in [0.1, 0.15) is 11.6 Å². The van der Waals surface area contributed by atoms with E-state index >= 15 is 0 Å². The summed E-state index contributed by atoms with van der Waals surface area (Å²) >= 11 is 5.67. The Morgan fingerprint density at radius 1 is 1.23 bits per heavy atom. The monoisotopic (exact) mass is 400 g/mol. The normalized spacial score (nSPS) is 12.3. The van der Waals surface area contributed by atoms with E-state index in [9.17, 15) is 17.6 Å². The van der Waals surface area contributed by atoms with Crippen LogP contribution in [0.2, 0.25) is 5.02 Å². The van der Waals surface area contributed by atoms with Crippen LogP contribution in [-0.2, 0) is 14.8 Å². The summed E-state index contributed by atoms with van der Waals surface area (Å²) in [6.07, 6.45) is 0.267. The standard InChI is InChI=1S/C17H18ClFN2O4S/c1-11(17(22)20-12-4-9-16(19)15(18)10-12)25-14-7-5-13(6-8-14)21(2)26(3,23)24/h4-11H,1-3H3,(H,20,22)/t11-/m0/s1. The number of halogens is 2. The zero-order valence-electron chi connectivity index (χ0n) is 14.4. The molecular weight excluding hydrogens is 383 g/mol. The Kier molecular flexibility index (Phi) is 6.09. The van der Waals surface area contributed by atoms with Crippen LogP contribution in [0, 0.1) is 5.82 Å². The van der Waals surface area contributed by atoms with Crippen molar-refractivity contribution in [2.45, 2.75) is 13.0 Å². The Morgan fingerprint density at radius 2 is 1.85 bits per heavy atom. The fourth-order valence-corrected chi connectivity index (χ4v) is 2.69. The second kappa shape index (κ2) is 7.92. The minimum Gasteiger partial charge on any atom is -0.481 e. The van der Waals surface area contributed by atoms with E-state index in [1.807, 2.05) is 0 Å². The first-order valence-corrected chi connectivity index (χ1v) is 9.77. The van der Waals surface area contributed by atoms with E-state index in [0.717, 1.165) is 16.6 Å². The number of nitrogens with one attached hydrogen (secondary N) is 1. The van der Waals surface area contributed by atoms with Gasteiger partial charge in [-0.15, -0.1) is 0 Å². The van der Waals surface area contributed by atoms with Gasteiger partial charge in [-0.25, -0.2) is 12.8 Å². The number of anilines is 2. The number of amides is 1. The Labute approximate surface area is 156 Å². The van der Waals surface area contributed by atoms with Crippen molar-refractivity contribution < 1.29 is 22.3 Å². The van der Waals surface area contributed by atoms with Crippen LogP contribution in [0.5, 0.6) is 5.75 Å². The topological polar surface area (TPSA) is 75.7 Å². The van der Waals surface area contributed by atoms with Crippen molar-refractivity contribution in [2.75, 3.05) is 22.9 Å². The fourth-order valence-electron chi connectivity index (χ4n) is 2.00. The third-order valence-corrected chi connectivity index (χ3v) is 5.06. The van der Waals surface area contributed by atoms with Gasteiger partial charge in [0.15, 0.2) is 6.10 Å². The quantitative estimate of drug-likeness (QED) is 0.807. The molecule has 0 saturated heterocycles. The molecule has 0 radical (unpaired) electrons. The molecule has 0 saturated carbocycles. The molecule has 0 spiro atoms. The first-order valence-electron chi connectivity index (χ1n) is 7.54. The highest BCUT2D eigenvalue weighted by molar-refractivity contribution is 7.92. The van der Waals surface area contributed by atoms with Crippen LogP contribution in [0.4, 0.5) is 15.8 Å². The van der Waals surface area contributed by atoms with E-state index in [4.69, 9.17) is 16.3 Å². The van der Waals surface area contributed by atoms with Crippen molar-refractivity contribution in [3.05, 3.63) is 53.3 Å². The van der Waals surface area contributed by atoms with Gasteiger partial charge in [-0.1, -0.05) is 11.6 Å². The van der Waals surface area contributed by atoms with Gasteiger partial charge < -0.3 is 10.1 Å². The van der Waals surface area contributed by atoms with Gasteiger partial charge in [-0.2, -0.15) is 0 Å². The Morgan fingerprint density at radius 3 is 2.38 bits per heavy atom. The lowest BCUT2D eigenvalue weighted by Gasteiger charge is -2.18. The second-order valence-electron chi connectivity index (χ2n) is 5.60. The first-order chi connectivity index (χ1) is 12.1. The molecule has 0 aliphatic heterocycles. The number of rotatable bonds is 6. The molecule has 0 heterocycles. The third kappa shape index (κ3) is 5.09. The van der Waals surface area contributed by atoms with Crippen LogP contribution in [0.25, 0.3) is 0 Å². The average Bonchev–Trinajstić information content (AvgIpc) is 2.57. The lowest BCUT2D eigenvalue weighted by Crippen LogP contribution is -2.30. The Bertz CT molecular complexity index is 903. The molecule has 2 aromatic rings. The van der Waals surface area contributed by atoms with Crippen LogP contribution in [0.1, 0.15) is 6.92 Å². The van der Waals surface area contributed by atoms with Crippen LogP contribution in [0.15, 0.2) is 42.5 Å². The molecule has 2 rings (SSSR count). The maximum atomic E-state index is 13.1. The molecule has 0 unspecified atom stereocenters. The molecule has 0 aliphatic carbocycles. The van der Waals surface area contributed by atoms with E-state index in [-0.39, 0.29) is 5.02 Å². The molecule has 9 heteroatoms. The van der Waals surface area contributed by atoms with Gasteiger partial charge in [0.25, 0.3) is 5.91 Å². The molecule has 26 heavy (non-hydrogen) atoms. The lowest BCUT2D eigenvalue weighted by atomic mass is 10.2. The summed E-state index contributed by atoms with van der Waals surface area (Å²) in [5.74, 6) is -0.617. The highest BCUT2D eigenvalue weighted by atomic mass is 35.5. The molecule has 1 atom stereocenters. The van der Waals surface area contributed by atoms with Crippen molar-refractivity contribution in [1.29, 1.82) is 0 Å². The molecule has 0 aromatic heterocycles. The molecule has 6 nitrogen and oxygen atoms in total. The van der Waals surface area contributed by atoms with Gasteiger partial charge in [0, 0.05) is 12.7 Å². The van der Waals surface area contributed by atoms with E-state index in [2.05, 4.69) is 5.32 Å². The molecule has 0 fully saturated rings. The highest BCUT2D eigenvalue weighted by Gasteiger charge is 2.16. The molecular formula is C17H18ClFN2O4S. The number of benzene rings is 2. The van der Waals surface area contributed by atoms with Gasteiger partial charge in [0.2, 0.25) is 10.0 Å². The van der Waals surface area contributed by atoms with E-state index < -0.39 is 27.9 Å². The minimum absolute atomic E-state index is 0.0954. The molecule has 1 N–H and O–H groups in total. The molecule has 140 valence electrons. The first kappa shape index (κ1) is 20.0. The average molecular weight is 401 g/mol. The minimum atomic E-state index is -3.36. The predicted molar refractivity (Wildman–Crippen MR) is 99.8 cm³/mol. The molecule has 0 aliphatic rings. The highest BCUT2D eigenvalue weighted by Crippen LogP contribution is 2.22. The lowest BCUT2D eigenvalue weighted by molar-refractivity contribution is -0.122. The second-order valence-corrected chi connectivity index (χ2v) is 8.02. The number of carbonyl (C=O) groups excluding carboxylic acids is 1. The van der Waals surface area contributed by atoms with Crippen molar-refractivity contribution in [2.24, 2.45) is 0 Å². The third-order valence-electron chi connectivity index (χ3n) is 3.57. The summed E-state index contributed by atoms with van der Waals surface area (Å²) in [6.45, 7) is 1.55. The van der Waals surface area contributed by atoms with Crippen molar-refractivity contribution >= 4 is 38.9 Å². The van der Waals surface area contributed by atoms with Crippen LogP contribution < -0.4 is 14.4 Å². The van der Waals surface area contributed by atoms with Gasteiger partial charge in [-0.3, -0.25) is 9.10 Å². The Hall–Kier alpha value is -2.32. The zero-order chi connectivity index (χ0) is 19.5. The van der Waals surface area contributed by atoms with E-state index in [0.29, 0.717) is 17.1 Å². The maximum Gasteiger partial charge on any atom is 0.265 e. The Balaban J connectivity index is 2.01. The number of hydrogen-bond donors (Lipinski definition) is 1. The summed E-state index contributed by atoms with van der Waals surface area (Å²) in [7, 11) is -1.92. The summed E-state index contributed by atoms with van der Waals surface area (Å²) < 4.78 is 42.8. The van der Waals surface area contributed by atoms with Crippen LogP contribution >= 0.6 is 11.6 Å². The summed E-state index contributed by atoms with van der Waals surface area (Å²) in [4.78, 5) is 12.2. The maximum absolute atomic E-state index is 13.1. The van der Waals surface area contributed by atoms with Crippen molar-refractivity contribution in [3.63, 3.8) is 0 Å². The van der Waals surface area contributed by atoms with Gasteiger partial charge in [0.05, 0.1) is 17.0 Å². The number of nitrogens with zero attached hydrogens (tertiary/aromatic N) is 1. The zero-order valence-corrected chi connectivity index (χ0v) is 15.9. The SMILES string of the molecule is C[C@H](Oc1ccc(N(C)S(C)(=O)=O)cc1)C(=O)Nc1ccc(F)c(Cl)c1. The largest absolute Gasteiger partial charge is 0.481 e. The van der Waals surface area contributed by atoms with E-state index in [1.165, 1.54) is 19.2 Å². The van der Waals surface area contributed by atoms with Gasteiger partial charge >= 0.3 is 0 Å². The predicted octanol–water partition coefficient (Wildman–Crippen LogP) is 3.28. The van der Waals surface area contributed by atoms with Crippen LogP contribution in [-0.4, -0.2) is 33.7 Å². The molecule has 0 bridgehead atoms. The summed E-state index contributed by atoms with van der Waals surface area (Å²) in [5, 5.41) is 2.48. The smallest absolute Gasteiger partial charge is 0.265 e. The molecule has 1 amide bonds. The number of hydrogen-bond acceptors (Lipinski definition) is 4. The summed E-state index contributed by atoms with van der Waals surface area (Å²) in [5.41, 5.74) is 0.819.